The van der Waals surface area contributed by atoms with Gasteiger partial charge in [-0.1, -0.05) is 11.6 Å². The summed E-state index contributed by atoms with van der Waals surface area (Å²) in [5, 5.41) is 10.4. The number of hydrogen-bond acceptors (Lipinski definition) is 4. The fourth-order valence-corrected chi connectivity index (χ4v) is 4.90. The second kappa shape index (κ2) is 6.38. The fourth-order valence-electron chi connectivity index (χ4n) is 4.75. The van der Waals surface area contributed by atoms with Crippen LogP contribution in [0.25, 0.3) is 0 Å². The lowest BCUT2D eigenvalue weighted by Gasteiger charge is -2.55. The van der Waals surface area contributed by atoms with Crippen molar-refractivity contribution in [2.45, 2.75) is 64.1 Å². The first-order valence-electron chi connectivity index (χ1n) is 9.56. The molecule has 0 radical (unpaired) electrons. The molecule has 6 heteroatoms. The van der Waals surface area contributed by atoms with Gasteiger partial charge in [0.2, 0.25) is 11.8 Å². The van der Waals surface area contributed by atoms with Crippen LogP contribution in [0.1, 0.15) is 51.1 Å². The second-order valence-electron chi connectivity index (χ2n) is 8.85. The number of hydrogen-bond donors (Lipinski definition) is 1. The zero-order chi connectivity index (χ0) is 18.5. The third-order valence-corrected chi connectivity index (χ3v) is 6.60. The van der Waals surface area contributed by atoms with Gasteiger partial charge in [0.15, 0.2) is 0 Å². The van der Waals surface area contributed by atoms with E-state index in [4.69, 9.17) is 16.3 Å². The highest BCUT2D eigenvalue weighted by atomic mass is 35.5. The first-order chi connectivity index (χ1) is 12.3. The van der Waals surface area contributed by atoms with Crippen LogP contribution in [0, 0.1) is 18.3 Å². The zero-order valence-electron chi connectivity index (χ0n) is 15.5. The number of likely N-dealkylation sites (tertiary alicyclic amines) is 1. The summed E-state index contributed by atoms with van der Waals surface area (Å²) >= 11 is 6.18. The molecule has 1 amide bonds. The quantitative estimate of drug-likeness (QED) is 0.876. The molecule has 1 aliphatic heterocycles. The molecule has 0 unspecified atom stereocenters. The Hall–Kier alpha value is -1.33. The molecule has 4 rings (SSSR count). The number of halogens is 1. The van der Waals surface area contributed by atoms with Crippen LogP contribution in [0.4, 0.5) is 0 Å². The maximum atomic E-state index is 12.5. The van der Waals surface area contributed by atoms with Crippen molar-refractivity contribution in [1.29, 1.82) is 0 Å². The summed E-state index contributed by atoms with van der Waals surface area (Å²) in [6.45, 7) is 5.47. The molecule has 0 atom stereocenters. The van der Waals surface area contributed by atoms with Gasteiger partial charge >= 0.3 is 0 Å². The van der Waals surface area contributed by atoms with Crippen molar-refractivity contribution < 1.29 is 14.6 Å². The molecule has 1 saturated heterocycles. The summed E-state index contributed by atoms with van der Waals surface area (Å²) in [6, 6.07) is 3.71. The van der Waals surface area contributed by atoms with Gasteiger partial charge in [-0.05, 0) is 64.5 Å². The number of nitrogens with zero attached hydrogens (tertiary/aromatic N) is 2. The van der Waals surface area contributed by atoms with Gasteiger partial charge in [-0.25, -0.2) is 4.98 Å². The van der Waals surface area contributed by atoms with Crippen molar-refractivity contribution in [2.24, 2.45) is 11.3 Å². The molecule has 3 aliphatic rings. The summed E-state index contributed by atoms with van der Waals surface area (Å²) in [5.41, 5.74) is 0.537. The Morgan fingerprint density at radius 2 is 1.96 bits per heavy atom. The SMILES string of the molecule is Cc1ccc(Cl)c(OC2CCC3(CC2)CN(C(=O)C2CC(C)(O)C2)C3)n1. The van der Waals surface area contributed by atoms with Crippen molar-refractivity contribution in [3.8, 4) is 5.88 Å². The summed E-state index contributed by atoms with van der Waals surface area (Å²) in [5.74, 6) is 0.794. The maximum absolute atomic E-state index is 12.5. The number of amides is 1. The Labute approximate surface area is 159 Å². The number of pyridine rings is 1. The lowest BCUT2D eigenvalue weighted by Crippen LogP contribution is -2.63. The number of aromatic nitrogens is 1. The van der Waals surface area contributed by atoms with Crippen molar-refractivity contribution in [3.05, 3.63) is 22.8 Å². The first kappa shape index (κ1) is 18.1. The van der Waals surface area contributed by atoms with Crippen LogP contribution in [0.5, 0.6) is 5.88 Å². The molecule has 0 bridgehead atoms. The largest absolute Gasteiger partial charge is 0.473 e. The van der Waals surface area contributed by atoms with Crippen LogP contribution in [-0.2, 0) is 4.79 Å². The number of carbonyl (C=O) groups is 1. The smallest absolute Gasteiger partial charge is 0.233 e. The van der Waals surface area contributed by atoms with E-state index in [9.17, 15) is 9.90 Å². The minimum Gasteiger partial charge on any atom is -0.473 e. The van der Waals surface area contributed by atoms with E-state index in [-0.39, 0.29) is 23.3 Å². The molecule has 0 aromatic carbocycles. The van der Waals surface area contributed by atoms with Gasteiger partial charge in [-0.15, -0.1) is 0 Å². The van der Waals surface area contributed by atoms with E-state index in [1.165, 1.54) is 0 Å². The van der Waals surface area contributed by atoms with E-state index in [1.807, 2.05) is 30.9 Å². The number of carbonyl (C=O) groups excluding carboxylic acids is 1. The third-order valence-electron chi connectivity index (χ3n) is 6.31. The van der Waals surface area contributed by atoms with Crippen LogP contribution >= 0.6 is 11.6 Å². The standard InChI is InChI=1S/C20H27ClN2O3/c1-13-3-4-16(21)17(22-13)26-15-5-7-20(8-6-15)11-23(12-20)18(24)14-9-19(2,25)10-14/h3-4,14-15,25H,5-12H2,1-2H3. The normalized spacial score (nSPS) is 30.6. The van der Waals surface area contributed by atoms with Crippen molar-refractivity contribution >= 4 is 17.5 Å². The topological polar surface area (TPSA) is 62.7 Å². The van der Waals surface area contributed by atoms with Gasteiger partial charge in [0.1, 0.15) is 11.1 Å². The van der Waals surface area contributed by atoms with Gasteiger partial charge in [0, 0.05) is 30.1 Å². The predicted octanol–water partition coefficient (Wildman–Crippen LogP) is 3.35. The molecule has 2 aliphatic carbocycles. The highest BCUT2D eigenvalue weighted by molar-refractivity contribution is 6.31. The molecule has 1 N–H and O–H groups in total. The summed E-state index contributed by atoms with van der Waals surface area (Å²) in [7, 11) is 0. The molecule has 1 aromatic heterocycles. The minimum absolute atomic E-state index is 0.0246. The Balaban J connectivity index is 1.26. The molecule has 142 valence electrons. The highest BCUT2D eigenvalue weighted by Gasteiger charge is 2.51. The molecule has 2 saturated carbocycles. The molecule has 3 fully saturated rings. The number of ether oxygens (including phenoxy) is 1. The van der Waals surface area contributed by atoms with Crippen LogP contribution in [0.2, 0.25) is 5.02 Å². The Kier molecular flexibility index (Phi) is 4.43. The average Bonchev–Trinajstić information content (AvgIpc) is 2.54. The molecule has 2 heterocycles. The molecule has 26 heavy (non-hydrogen) atoms. The van der Waals surface area contributed by atoms with Gasteiger partial charge in [-0.2, -0.15) is 0 Å². The van der Waals surface area contributed by atoms with E-state index >= 15 is 0 Å². The maximum Gasteiger partial charge on any atom is 0.233 e. The van der Waals surface area contributed by atoms with Crippen molar-refractivity contribution in [1.82, 2.24) is 9.88 Å². The summed E-state index contributed by atoms with van der Waals surface area (Å²) in [4.78, 5) is 18.8. The minimum atomic E-state index is -0.636. The van der Waals surface area contributed by atoms with Gasteiger partial charge in [0.25, 0.3) is 0 Å². The summed E-state index contributed by atoms with van der Waals surface area (Å²) in [6.07, 6.45) is 5.47. The number of rotatable bonds is 3. The van der Waals surface area contributed by atoms with Crippen LogP contribution in [-0.4, -0.2) is 45.7 Å². The van der Waals surface area contributed by atoms with Gasteiger partial charge < -0.3 is 14.7 Å². The summed E-state index contributed by atoms with van der Waals surface area (Å²) < 4.78 is 6.04. The third kappa shape index (κ3) is 3.44. The van der Waals surface area contributed by atoms with Gasteiger partial charge in [0.05, 0.1) is 5.60 Å². The van der Waals surface area contributed by atoms with E-state index in [0.717, 1.165) is 44.5 Å². The van der Waals surface area contributed by atoms with E-state index in [2.05, 4.69) is 4.98 Å². The predicted molar refractivity (Wildman–Crippen MR) is 99.2 cm³/mol. The van der Waals surface area contributed by atoms with E-state index in [1.54, 1.807) is 0 Å². The molecule has 1 spiro atoms. The lowest BCUT2D eigenvalue weighted by molar-refractivity contribution is -0.164. The average molecular weight is 379 g/mol. The molecule has 1 aromatic rings. The Morgan fingerprint density at radius 3 is 2.58 bits per heavy atom. The molecular formula is C20H27ClN2O3. The zero-order valence-corrected chi connectivity index (χ0v) is 16.3. The number of aliphatic hydroxyl groups is 1. The monoisotopic (exact) mass is 378 g/mol. The Morgan fingerprint density at radius 1 is 1.31 bits per heavy atom. The first-order valence-corrected chi connectivity index (χ1v) is 9.94. The number of aryl methyl sites for hydroxylation is 1. The Bertz CT molecular complexity index is 697. The van der Waals surface area contributed by atoms with Crippen molar-refractivity contribution in [2.75, 3.05) is 13.1 Å². The van der Waals surface area contributed by atoms with E-state index in [0.29, 0.717) is 23.7 Å². The highest BCUT2D eigenvalue weighted by Crippen LogP contribution is 2.47. The van der Waals surface area contributed by atoms with Crippen LogP contribution in [0.3, 0.4) is 0 Å². The molecular weight excluding hydrogens is 352 g/mol. The lowest BCUT2D eigenvalue weighted by atomic mass is 9.66. The van der Waals surface area contributed by atoms with Crippen LogP contribution < -0.4 is 4.74 Å². The van der Waals surface area contributed by atoms with E-state index < -0.39 is 5.60 Å². The molecule has 5 nitrogen and oxygen atoms in total. The van der Waals surface area contributed by atoms with Crippen LogP contribution in [0.15, 0.2) is 12.1 Å². The fraction of sp³-hybridized carbons (Fsp3) is 0.700. The second-order valence-corrected chi connectivity index (χ2v) is 9.26. The van der Waals surface area contributed by atoms with Crippen molar-refractivity contribution in [3.63, 3.8) is 0 Å². The van der Waals surface area contributed by atoms with Gasteiger partial charge in [-0.3, -0.25) is 4.79 Å².